The van der Waals surface area contributed by atoms with Gasteiger partial charge in [-0.05, 0) is 24.7 Å². The SMILES string of the molecule is CC(C)C1CCOC1.CCC1COC1. The van der Waals surface area contributed by atoms with Gasteiger partial charge in [-0.3, -0.25) is 0 Å². The van der Waals surface area contributed by atoms with E-state index in [4.69, 9.17) is 9.47 Å². The molecular formula is C12H24O2. The van der Waals surface area contributed by atoms with E-state index in [1.807, 2.05) is 0 Å². The van der Waals surface area contributed by atoms with Crippen LogP contribution in [0.4, 0.5) is 0 Å². The molecule has 0 N–H and O–H groups in total. The summed E-state index contributed by atoms with van der Waals surface area (Å²) >= 11 is 0. The summed E-state index contributed by atoms with van der Waals surface area (Å²) < 4.78 is 10.1. The van der Waals surface area contributed by atoms with E-state index in [2.05, 4.69) is 20.8 Å². The lowest BCUT2D eigenvalue weighted by Gasteiger charge is -2.23. The number of hydrogen-bond donors (Lipinski definition) is 0. The second-order valence-electron chi connectivity index (χ2n) is 4.68. The quantitative estimate of drug-likeness (QED) is 0.682. The maximum Gasteiger partial charge on any atom is 0.0516 e. The van der Waals surface area contributed by atoms with Crippen LogP contribution < -0.4 is 0 Å². The summed E-state index contributed by atoms with van der Waals surface area (Å²) in [6.45, 7) is 10.7. The summed E-state index contributed by atoms with van der Waals surface area (Å²) in [6, 6.07) is 0. The molecule has 0 aromatic carbocycles. The molecule has 14 heavy (non-hydrogen) atoms. The van der Waals surface area contributed by atoms with Gasteiger partial charge in [0.05, 0.1) is 13.2 Å². The topological polar surface area (TPSA) is 18.5 Å². The van der Waals surface area contributed by atoms with E-state index >= 15 is 0 Å². The van der Waals surface area contributed by atoms with Gasteiger partial charge in [0.15, 0.2) is 0 Å². The highest BCUT2D eigenvalue weighted by Crippen LogP contribution is 2.20. The van der Waals surface area contributed by atoms with E-state index in [0.29, 0.717) is 0 Å². The van der Waals surface area contributed by atoms with Gasteiger partial charge in [0.25, 0.3) is 0 Å². The van der Waals surface area contributed by atoms with E-state index in [0.717, 1.165) is 44.2 Å². The van der Waals surface area contributed by atoms with Gasteiger partial charge >= 0.3 is 0 Å². The second-order valence-corrected chi connectivity index (χ2v) is 4.68. The lowest BCUT2D eigenvalue weighted by molar-refractivity contribution is -0.0331. The van der Waals surface area contributed by atoms with Crippen molar-refractivity contribution in [3.63, 3.8) is 0 Å². The largest absolute Gasteiger partial charge is 0.381 e. The first-order valence-corrected chi connectivity index (χ1v) is 5.89. The van der Waals surface area contributed by atoms with E-state index < -0.39 is 0 Å². The Bertz CT molecular complexity index is 133. The Morgan fingerprint density at radius 2 is 1.86 bits per heavy atom. The number of ether oxygens (including phenoxy) is 2. The van der Waals surface area contributed by atoms with Gasteiger partial charge in [-0.15, -0.1) is 0 Å². The summed E-state index contributed by atoms with van der Waals surface area (Å²) in [7, 11) is 0. The Labute approximate surface area is 88.0 Å². The highest BCUT2D eigenvalue weighted by Gasteiger charge is 2.18. The first-order chi connectivity index (χ1) is 6.74. The van der Waals surface area contributed by atoms with Crippen LogP contribution in [0.5, 0.6) is 0 Å². The van der Waals surface area contributed by atoms with Crippen molar-refractivity contribution in [2.75, 3.05) is 26.4 Å². The van der Waals surface area contributed by atoms with E-state index in [1.54, 1.807) is 0 Å². The molecule has 84 valence electrons. The van der Waals surface area contributed by atoms with Crippen LogP contribution in [0.2, 0.25) is 0 Å². The van der Waals surface area contributed by atoms with Crippen molar-refractivity contribution in [1.82, 2.24) is 0 Å². The molecule has 1 unspecified atom stereocenters. The molecule has 0 bridgehead atoms. The predicted octanol–water partition coefficient (Wildman–Crippen LogP) is 2.72. The van der Waals surface area contributed by atoms with Crippen LogP contribution in [0.3, 0.4) is 0 Å². The third kappa shape index (κ3) is 3.97. The van der Waals surface area contributed by atoms with Crippen LogP contribution in [0.25, 0.3) is 0 Å². The van der Waals surface area contributed by atoms with Gasteiger partial charge in [-0.25, -0.2) is 0 Å². The summed E-state index contributed by atoms with van der Waals surface area (Å²) in [5, 5.41) is 0. The van der Waals surface area contributed by atoms with Gasteiger partial charge in [0, 0.05) is 19.1 Å². The second kappa shape index (κ2) is 6.41. The van der Waals surface area contributed by atoms with Gasteiger partial charge in [0.1, 0.15) is 0 Å². The molecule has 0 spiro atoms. The maximum atomic E-state index is 5.22. The highest BCUT2D eigenvalue weighted by atomic mass is 16.5. The molecule has 0 aromatic heterocycles. The molecule has 2 fully saturated rings. The van der Waals surface area contributed by atoms with Crippen molar-refractivity contribution >= 4 is 0 Å². The minimum atomic E-state index is 0.817. The van der Waals surface area contributed by atoms with Crippen LogP contribution >= 0.6 is 0 Å². The first kappa shape index (κ1) is 12.0. The normalized spacial score (nSPS) is 27.0. The molecule has 2 saturated heterocycles. The monoisotopic (exact) mass is 200 g/mol. The Balaban J connectivity index is 0.000000146. The van der Waals surface area contributed by atoms with Gasteiger partial charge in [-0.2, -0.15) is 0 Å². The molecular weight excluding hydrogens is 176 g/mol. The van der Waals surface area contributed by atoms with Crippen LogP contribution in [-0.4, -0.2) is 26.4 Å². The van der Waals surface area contributed by atoms with Crippen LogP contribution in [0, 0.1) is 17.8 Å². The van der Waals surface area contributed by atoms with E-state index in [-0.39, 0.29) is 0 Å². The van der Waals surface area contributed by atoms with Crippen LogP contribution in [0.15, 0.2) is 0 Å². The van der Waals surface area contributed by atoms with Gasteiger partial charge < -0.3 is 9.47 Å². The zero-order valence-electron chi connectivity index (χ0n) is 9.79. The molecule has 0 radical (unpaired) electrons. The van der Waals surface area contributed by atoms with Crippen molar-refractivity contribution in [3.8, 4) is 0 Å². The minimum absolute atomic E-state index is 0.817. The zero-order chi connectivity index (χ0) is 10.4. The lowest BCUT2D eigenvalue weighted by atomic mass is 9.96. The van der Waals surface area contributed by atoms with E-state index in [1.165, 1.54) is 12.8 Å². The molecule has 0 aliphatic carbocycles. The summed E-state index contributed by atoms with van der Waals surface area (Å²) in [5.41, 5.74) is 0. The highest BCUT2D eigenvalue weighted by molar-refractivity contribution is 4.66. The molecule has 2 nitrogen and oxygen atoms in total. The first-order valence-electron chi connectivity index (χ1n) is 5.89. The smallest absolute Gasteiger partial charge is 0.0516 e. The van der Waals surface area contributed by atoms with Crippen molar-refractivity contribution in [2.45, 2.75) is 33.6 Å². The van der Waals surface area contributed by atoms with Crippen molar-refractivity contribution in [2.24, 2.45) is 17.8 Å². The predicted molar refractivity (Wildman–Crippen MR) is 58.4 cm³/mol. The van der Waals surface area contributed by atoms with Crippen LogP contribution in [0.1, 0.15) is 33.6 Å². The Hall–Kier alpha value is -0.0800. The third-order valence-electron chi connectivity index (χ3n) is 3.19. The average Bonchev–Trinajstić information content (AvgIpc) is 2.54. The Kier molecular flexibility index (Phi) is 5.49. The molecule has 0 amide bonds. The van der Waals surface area contributed by atoms with Crippen molar-refractivity contribution in [3.05, 3.63) is 0 Å². The molecule has 2 aliphatic rings. The summed E-state index contributed by atoms with van der Waals surface area (Å²) in [4.78, 5) is 0. The third-order valence-corrected chi connectivity index (χ3v) is 3.19. The molecule has 1 atom stereocenters. The fraction of sp³-hybridized carbons (Fsp3) is 1.00. The number of hydrogen-bond acceptors (Lipinski definition) is 2. The minimum Gasteiger partial charge on any atom is -0.381 e. The maximum absolute atomic E-state index is 5.22. The standard InChI is InChI=1S/C7H14O.C5H10O/c1-6(2)7-3-4-8-5-7;1-2-5-3-6-4-5/h6-7H,3-5H2,1-2H3;5H,2-4H2,1H3. The molecule has 2 heteroatoms. The zero-order valence-corrected chi connectivity index (χ0v) is 9.79. The number of rotatable bonds is 2. The van der Waals surface area contributed by atoms with Crippen molar-refractivity contribution in [1.29, 1.82) is 0 Å². The van der Waals surface area contributed by atoms with Gasteiger partial charge in [0.2, 0.25) is 0 Å². The molecule has 0 aromatic rings. The van der Waals surface area contributed by atoms with E-state index in [9.17, 15) is 0 Å². The lowest BCUT2D eigenvalue weighted by Crippen LogP contribution is -2.26. The molecule has 0 saturated carbocycles. The van der Waals surface area contributed by atoms with Crippen molar-refractivity contribution < 1.29 is 9.47 Å². The molecule has 2 heterocycles. The molecule has 2 rings (SSSR count). The summed E-state index contributed by atoms with van der Waals surface area (Å²) in [6.07, 6.45) is 2.57. The average molecular weight is 200 g/mol. The van der Waals surface area contributed by atoms with Gasteiger partial charge in [-0.1, -0.05) is 20.8 Å². The Morgan fingerprint density at radius 3 is 2.00 bits per heavy atom. The fourth-order valence-corrected chi connectivity index (χ4v) is 1.60. The Morgan fingerprint density at radius 1 is 1.14 bits per heavy atom. The fourth-order valence-electron chi connectivity index (χ4n) is 1.60. The molecule has 2 aliphatic heterocycles. The van der Waals surface area contributed by atoms with Crippen LogP contribution in [-0.2, 0) is 9.47 Å². The summed E-state index contributed by atoms with van der Waals surface area (Å²) in [5.74, 6) is 2.55.